The van der Waals surface area contributed by atoms with Gasteiger partial charge in [0.1, 0.15) is 0 Å². The molecule has 1 heterocycles. The van der Waals surface area contributed by atoms with Gasteiger partial charge in [-0.25, -0.2) is 9.69 Å². The summed E-state index contributed by atoms with van der Waals surface area (Å²) in [5, 5.41) is 2.66. The predicted molar refractivity (Wildman–Crippen MR) is 60.9 cm³/mol. The van der Waals surface area contributed by atoms with E-state index in [9.17, 15) is 9.59 Å². The van der Waals surface area contributed by atoms with Gasteiger partial charge in [0, 0.05) is 12.2 Å². The van der Waals surface area contributed by atoms with Crippen molar-refractivity contribution in [1.29, 1.82) is 0 Å². The monoisotopic (exact) mass is 219 g/mol. The predicted octanol–water partition coefficient (Wildman–Crippen LogP) is 0.961. The number of hydrogen-bond acceptors (Lipinski definition) is 3. The van der Waals surface area contributed by atoms with Gasteiger partial charge in [0.25, 0.3) is 0 Å². The Morgan fingerprint density at radius 3 is 2.88 bits per heavy atom. The Labute approximate surface area is 93.2 Å². The summed E-state index contributed by atoms with van der Waals surface area (Å²) in [5.41, 5.74) is 6.65. The third kappa shape index (κ3) is 1.71. The SMILES string of the molecule is CC1CNC(=O)N(c2cccc(N)c2)C1=O. The molecular weight excluding hydrogens is 206 g/mol. The maximum Gasteiger partial charge on any atom is 0.328 e. The minimum Gasteiger partial charge on any atom is -0.399 e. The number of carbonyl (C=O) groups excluding carboxylic acids is 2. The number of nitrogens with one attached hydrogen (secondary N) is 1. The highest BCUT2D eigenvalue weighted by molar-refractivity contribution is 6.16. The zero-order valence-electron chi connectivity index (χ0n) is 8.93. The van der Waals surface area contributed by atoms with Gasteiger partial charge in [-0.1, -0.05) is 13.0 Å². The molecule has 0 spiro atoms. The molecule has 1 aliphatic heterocycles. The number of nitrogens with zero attached hydrogens (tertiary/aromatic N) is 1. The number of benzene rings is 1. The Morgan fingerprint density at radius 2 is 2.19 bits per heavy atom. The van der Waals surface area contributed by atoms with E-state index in [1.165, 1.54) is 0 Å². The maximum atomic E-state index is 11.9. The van der Waals surface area contributed by atoms with Crippen LogP contribution in [0.1, 0.15) is 6.92 Å². The van der Waals surface area contributed by atoms with E-state index in [2.05, 4.69) is 5.32 Å². The fraction of sp³-hybridized carbons (Fsp3) is 0.273. The molecule has 3 N–H and O–H groups in total. The number of anilines is 2. The molecule has 1 saturated heterocycles. The second-order valence-corrected chi connectivity index (χ2v) is 3.86. The van der Waals surface area contributed by atoms with Crippen molar-refractivity contribution in [3.8, 4) is 0 Å². The molecule has 1 aromatic carbocycles. The number of hydrogen-bond donors (Lipinski definition) is 2. The van der Waals surface area contributed by atoms with Gasteiger partial charge in [-0.15, -0.1) is 0 Å². The number of urea groups is 1. The molecule has 0 aromatic heterocycles. The lowest BCUT2D eigenvalue weighted by molar-refractivity contribution is -0.121. The molecule has 1 aliphatic rings. The summed E-state index contributed by atoms with van der Waals surface area (Å²) in [6, 6.07) is 6.32. The van der Waals surface area contributed by atoms with Gasteiger partial charge in [0.2, 0.25) is 5.91 Å². The summed E-state index contributed by atoms with van der Waals surface area (Å²) in [7, 11) is 0. The van der Waals surface area contributed by atoms with E-state index in [1.54, 1.807) is 31.2 Å². The second kappa shape index (κ2) is 3.84. The van der Waals surface area contributed by atoms with Crippen LogP contribution < -0.4 is 16.0 Å². The molecular formula is C11H13N3O2. The van der Waals surface area contributed by atoms with Crippen LogP contribution in [-0.2, 0) is 4.79 Å². The summed E-state index contributed by atoms with van der Waals surface area (Å²) in [4.78, 5) is 24.6. The van der Waals surface area contributed by atoms with Crippen LogP contribution in [0.5, 0.6) is 0 Å². The molecule has 16 heavy (non-hydrogen) atoms. The van der Waals surface area contributed by atoms with Crippen molar-refractivity contribution in [2.45, 2.75) is 6.92 Å². The van der Waals surface area contributed by atoms with Crippen molar-refractivity contribution in [3.63, 3.8) is 0 Å². The van der Waals surface area contributed by atoms with Crippen molar-refractivity contribution in [2.75, 3.05) is 17.2 Å². The quantitative estimate of drug-likeness (QED) is 0.691. The summed E-state index contributed by atoms with van der Waals surface area (Å²) in [5.74, 6) is -0.409. The van der Waals surface area contributed by atoms with Crippen LogP contribution in [0.2, 0.25) is 0 Å². The molecule has 0 saturated carbocycles. The summed E-state index contributed by atoms with van der Waals surface area (Å²) in [6.45, 7) is 2.16. The van der Waals surface area contributed by atoms with Crippen LogP contribution in [0.4, 0.5) is 16.2 Å². The highest BCUT2D eigenvalue weighted by Crippen LogP contribution is 2.21. The molecule has 1 fully saturated rings. The van der Waals surface area contributed by atoms with E-state index in [4.69, 9.17) is 5.73 Å². The Kier molecular flexibility index (Phi) is 2.52. The van der Waals surface area contributed by atoms with E-state index in [-0.39, 0.29) is 11.8 Å². The normalized spacial score (nSPS) is 20.8. The number of imide groups is 1. The van der Waals surface area contributed by atoms with Gasteiger partial charge >= 0.3 is 6.03 Å². The molecule has 0 aliphatic carbocycles. The fourth-order valence-corrected chi connectivity index (χ4v) is 1.64. The zero-order valence-corrected chi connectivity index (χ0v) is 8.93. The third-order valence-corrected chi connectivity index (χ3v) is 2.53. The molecule has 5 nitrogen and oxygen atoms in total. The van der Waals surface area contributed by atoms with E-state index in [0.29, 0.717) is 17.9 Å². The maximum absolute atomic E-state index is 11.9. The van der Waals surface area contributed by atoms with Gasteiger partial charge in [-0.2, -0.15) is 0 Å². The van der Waals surface area contributed by atoms with Crippen LogP contribution in [0.25, 0.3) is 0 Å². The minimum atomic E-state index is -0.395. The molecule has 5 heteroatoms. The van der Waals surface area contributed by atoms with E-state index < -0.39 is 6.03 Å². The number of carbonyl (C=O) groups is 2. The molecule has 1 unspecified atom stereocenters. The first-order valence-electron chi connectivity index (χ1n) is 5.07. The summed E-state index contributed by atoms with van der Waals surface area (Å²) in [6.07, 6.45) is 0. The number of nitrogens with two attached hydrogens (primary N) is 1. The summed E-state index contributed by atoms with van der Waals surface area (Å²) >= 11 is 0. The zero-order chi connectivity index (χ0) is 11.7. The Balaban J connectivity index is 2.37. The standard InChI is InChI=1S/C11H13N3O2/c1-7-6-13-11(16)14(10(7)15)9-4-2-3-8(12)5-9/h2-5,7H,6,12H2,1H3,(H,13,16). The first kappa shape index (κ1) is 10.5. The molecule has 84 valence electrons. The van der Waals surface area contributed by atoms with Crippen molar-refractivity contribution in [1.82, 2.24) is 5.32 Å². The van der Waals surface area contributed by atoms with Crippen molar-refractivity contribution < 1.29 is 9.59 Å². The average molecular weight is 219 g/mol. The van der Waals surface area contributed by atoms with Crippen LogP contribution in [0.3, 0.4) is 0 Å². The van der Waals surface area contributed by atoms with E-state index in [0.717, 1.165) is 4.90 Å². The highest BCUT2D eigenvalue weighted by atomic mass is 16.2. The van der Waals surface area contributed by atoms with E-state index >= 15 is 0 Å². The number of nitrogen functional groups attached to an aromatic ring is 1. The molecule has 0 bridgehead atoms. The molecule has 2 rings (SSSR count). The van der Waals surface area contributed by atoms with Crippen molar-refractivity contribution in [2.24, 2.45) is 5.92 Å². The molecule has 1 atom stereocenters. The van der Waals surface area contributed by atoms with Crippen LogP contribution in [0, 0.1) is 5.92 Å². The molecule has 0 radical (unpaired) electrons. The van der Waals surface area contributed by atoms with Gasteiger partial charge < -0.3 is 11.1 Å². The van der Waals surface area contributed by atoms with Gasteiger partial charge in [0.15, 0.2) is 0 Å². The topological polar surface area (TPSA) is 75.4 Å². The van der Waals surface area contributed by atoms with Crippen molar-refractivity contribution in [3.05, 3.63) is 24.3 Å². The van der Waals surface area contributed by atoms with E-state index in [1.807, 2.05) is 0 Å². The summed E-state index contributed by atoms with van der Waals surface area (Å²) < 4.78 is 0. The first-order chi connectivity index (χ1) is 7.59. The molecule has 1 aromatic rings. The largest absolute Gasteiger partial charge is 0.399 e. The average Bonchev–Trinajstić information content (AvgIpc) is 2.24. The highest BCUT2D eigenvalue weighted by Gasteiger charge is 2.32. The number of rotatable bonds is 1. The van der Waals surface area contributed by atoms with Crippen LogP contribution in [-0.4, -0.2) is 18.5 Å². The van der Waals surface area contributed by atoms with Crippen molar-refractivity contribution >= 4 is 23.3 Å². The lowest BCUT2D eigenvalue weighted by atomic mass is 10.1. The lowest BCUT2D eigenvalue weighted by Crippen LogP contribution is -2.54. The Morgan fingerprint density at radius 1 is 1.44 bits per heavy atom. The molecule has 3 amide bonds. The van der Waals surface area contributed by atoms with Gasteiger partial charge in [0.05, 0.1) is 11.6 Å². The fourth-order valence-electron chi connectivity index (χ4n) is 1.64. The second-order valence-electron chi connectivity index (χ2n) is 3.86. The van der Waals surface area contributed by atoms with Crippen LogP contribution in [0.15, 0.2) is 24.3 Å². The number of amides is 3. The Bertz CT molecular complexity index is 445. The van der Waals surface area contributed by atoms with Gasteiger partial charge in [-0.05, 0) is 18.2 Å². The lowest BCUT2D eigenvalue weighted by Gasteiger charge is -2.29. The van der Waals surface area contributed by atoms with Crippen LogP contribution >= 0.6 is 0 Å². The minimum absolute atomic E-state index is 0.200. The Hall–Kier alpha value is -2.04. The third-order valence-electron chi connectivity index (χ3n) is 2.53. The first-order valence-corrected chi connectivity index (χ1v) is 5.07. The smallest absolute Gasteiger partial charge is 0.328 e. The van der Waals surface area contributed by atoms with Gasteiger partial charge in [-0.3, -0.25) is 4.79 Å².